The van der Waals surface area contributed by atoms with Gasteiger partial charge in [-0.15, -0.1) is 0 Å². The van der Waals surface area contributed by atoms with E-state index in [0.29, 0.717) is 17.7 Å². The van der Waals surface area contributed by atoms with Crippen molar-refractivity contribution in [1.29, 1.82) is 0 Å². The Balaban J connectivity index is 1.72. The lowest BCUT2D eigenvalue weighted by atomic mass is 9.91. The number of thiol groups is 1. The average Bonchev–Trinajstić information content (AvgIpc) is 3.02. The van der Waals surface area contributed by atoms with Crippen molar-refractivity contribution in [2.45, 2.75) is 51.3 Å². The lowest BCUT2D eigenvalue weighted by Gasteiger charge is -2.29. The lowest BCUT2D eigenvalue weighted by Crippen LogP contribution is -2.43. The molecule has 0 spiro atoms. The number of fused-ring (bicyclic) bond motifs is 1. The monoisotopic (exact) mass is 384 g/mol. The van der Waals surface area contributed by atoms with Gasteiger partial charge in [0.15, 0.2) is 0 Å². The van der Waals surface area contributed by atoms with Crippen LogP contribution in [0.25, 0.3) is 10.8 Å². The van der Waals surface area contributed by atoms with Gasteiger partial charge >= 0.3 is 0 Å². The van der Waals surface area contributed by atoms with Crippen LogP contribution >= 0.6 is 12.6 Å². The van der Waals surface area contributed by atoms with E-state index in [1.807, 2.05) is 0 Å². The van der Waals surface area contributed by atoms with E-state index in [4.69, 9.17) is 0 Å². The van der Waals surface area contributed by atoms with Gasteiger partial charge in [0.05, 0.1) is 0 Å². The molecule has 0 aromatic heterocycles. The van der Waals surface area contributed by atoms with Crippen molar-refractivity contribution in [2.24, 2.45) is 5.41 Å². The number of amides is 1. The zero-order chi connectivity index (χ0) is 19.4. The molecule has 1 aliphatic rings. The van der Waals surface area contributed by atoms with Crippen LogP contribution in [-0.2, 0) is 11.2 Å². The van der Waals surface area contributed by atoms with Crippen LogP contribution in [0.3, 0.4) is 0 Å². The number of nitrogens with zero attached hydrogens (tertiary/aromatic N) is 1. The zero-order valence-electron chi connectivity index (χ0n) is 16.7. The minimum atomic E-state index is 0.00393. The molecule has 2 aromatic carbocycles. The molecule has 3 nitrogen and oxygen atoms in total. The zero-order valence-corrected chi connectivity index (χ0v) is 17.6. The molecule has 0 bridgehead atoms. The summed E-state index contributed by atoms with van der Waals surface area (Å²) < 4.78 is 0. The summed E-state index contributed by atoms with van der Waals surface area (Å²) in [5.41, 5.74) is 1.32. The third kappa shape index (κ3) is 5.73. The highest BCUT2D eigenvalue weighted by Gasteiger charge is 2.27. The summed E-state index contributed by atoms with van der Waals surface area (Å²) in [6.07, 6.45) is 2.49. The maximum absolute atomic E-state index is 13.0. The van der Waals surface area contributed by atoms with E-state index >= 15 is 0 Å². The van der Waals surface area contributed by atoms with Crippen LogP contribution in [0.1, 0.15) is 39.2 Å². The molecular formula is C23H32N2OS. The minimum absolute atomic E-state index is 0.00393. The Bertz CT molecular complexity index is 778. The average molecular weight is 385 g/mol. The Morgan fingerprint density at radius 2 is 1.93 bits per heavy atom. The third-order valence-electron chi connectivity index (χ3n) is 5.20. The predicted molar refractivity (Wildman–Crippen MR) is 117 cm³/mol. The maximum atomic E-state index is 13.0. The summed E-state index contributed by atoms with van der Waals surface area (Å²) >= 11 is 4.58. The van der Waals surface area contributed by atoms with Crippen molar-refractivity contribution in [3.05, 3.63) is 48.0 Å². The Labute approximate surface area is 168 Å². The fourth-order valence-electron chi connectivity index (χ4n) is 3.85. The number of hydrogen-bond acceptors (Lipinski definition) is 3. The number of hydrogen-bond donors (Lipinski definition) is 2. The van der Waals surface area contributed by atoms with Crippen molar-refractivity contribution >= 4 is 29.3 Å². The van der Waals surface area contributed by atoms with Gasteiger partial charge in [-0.3, -0.25) is 4.79 Å². The number of rotatable bonds is 6. The summed E-state index contributed by atoms with van der Waals surface area (Å²) in [5.74, 6) is 0.257. The van der Waals surface area contributed by atoms with Crippen molar-refractivity contribution in [2.75, 3.05) is 19.6 Å². The first-order valence-electron chi connectivity index (χ1n) is 9.98. The van der Waals surface area contributed by atoms with E-state index in [1.165, 1.54) is 16.3 Å². The fraction of sp³-hybridized carbons (Fsp3) is 0.522. The van der Waals surface area contributed by atoms with E-state index in [9.17, 15) is 4.79 Å². The lowest BCUT2D eigenvalue weighted by molar-refractivity contribution is -0.133. The fourth-order valence-corrected chi connectivity index (χ4v) is 4.21. The van der Waals surface area contributed by atoms with Gasteiger partial charge in [0, 0.05) is 37.3 Å². The van der Waals surface area contributed by atoms with Crippen molar-refractivity contribution in [3.8, 4) is 0 Å². The Morgan fingerprint density at radius 1 is 1.19 bits per heavy atom. The predicted octanol–water partition coefficient (Wildman–Crippen LogP) is 4.31. The molecular weight excluding hydrogens is 352 g/mol. The van der Waals surface area contributed by atoms with Gasteiger partial charge in [-0.05, 0) is 34.6 Å². The van der Waals surface area contributed by atoms with Crippen LogP contribution in [0.15, 0.2) is 42.5 Å². The van der Waals surface area contributed by atoms with Gasteiger partial charge in [0.1, 0.15) is 0 Å². The molecule has 1 aliphatic heterocycles. The summed E-state index contributed by atoms with van der Waals surface area (Å²) in [7, 11) is 0. The highest BCUT2D eigenvalue weighted by Crippen LogP contribution is 2.23. The van der Waals surface area contributed by atoms with Crippen LogP contribution in [0.2, 0.25) is 0 Å². The molecule has 3 rings (SSSR count). The highest BCUT2D eigenvalue weighted by molar-refractivity contribution is 7.81. The van der Waals surface area contributed by atoms with E-state index in [2.05, 4.69) is 86.1 Å². The minimum Gasteiger partial charge on any atom is -0.341 e. The highest BCUT2D eigenvalue weighted by atomic mass is 32.1. The Hall–Kier alpha value is -1.52. The third-order valence-corrected chi connectivity index (χ3v) is 5.60. The molecule has 2 aromatic rings. The SMILES string of the molecule is CC(C)(C)CC(=O)N(CCc1cccc2ccccc12)CC1CC(S)CN1. The first-order valence-corrected chi connectivity index (χ1v) is 10.5. The molecule has 1 fully saturated rings. The molecule has 4 heteroatoms. The smallest absolute Gasteiger partial charge is 0.223 e. The van der Waals surface area contributed by atoms with E-state index in [-0.39, 0.29) is 11.3 Å². The molecule has 2 unspecified atom stereocenters. The van der Waals surface area contributed by atoms with Crippen LogP contribution in [0.4, 0.5) is 0 Å². The molecule has 0 saturated carbocycles. The molecule has 1 amide bonds. The molecule has 0 radical (unpaired) electrons. The first kappa shape index (κ1) is 20.2. The Kier molecular flexibility index (Phi) is 6.48. The molecule has 2 atom stereocenters. The van der Waals surface area contributed by atoms with Crippen molar-refractivity contribution in [1.82, 2.24) is 10.2 Å². The van der Waals surface area contributed by atoms with Crippen LogP contribution in [0, 0.1) is 5.41 Å². The number of carbonyl (C=O) groups is 1. The van der Waals surface area contributed by atoms with Gasteiger partial charge < -0.3 is 10.2 Å². The van der Waals surface area contributed by atoms with Gasteiger partial charge in [0.2, 0.25) is 5.91 Å². The summed E-state index contributed by atoms with van der Waals surface area (Å²) in [6, 6.07) is 15.3. The summed E-state index contributed by atoms with van der Waals surface area (Å²) in [6.45, 7) is 8.86. The number of nitrogens with one attached hydrogen (secondary N) is 1. The molecule has 146 valence electrons. The largest absolute Gasteiger partial charge is 0.341 e. The summed E-state index contributed by atoms with van der Waals surface area (Å²) in [4.78, 5) is 15.1. The standard InChI is InChI=1S/C23H32N2OS/c1-23(2,3)14-22(26)25(16-19-13-20(27)15-24-19)12-11-18-9-6-8-17-7-4-5-10-21(17)18/h4-10,19-20,24,27H,11-16H2,1-3H3. The van der Waals surface area contributed by atoms with Gasteiger partial charge in [-0.1, -0.05) is 63.2 Å². The molecule has 1 heterocycles. The van der Waals surface area contributed by atoms with E-state index < -0.39 is 0 Å². The van der Waals surface area contributed by atoms with Crippen LogP contribution in [0.5, 0.6) is 0 Å². The molecule has 0 aliphatic carbocycles. The maximum Gasteiger partial charge on any atom is 0.223 e. The molecule has 1 N–H and O–H groups in total. The van der Waals surface area contributed by atoms with E-state index in [1.54, 1.807) is 0 Å². The number of benzene rings is 2. The topological polar surface area (TPSA) is 32.3 Å². The first-order chi connectivity index (χ1) is 12.8. The summed E-state index contributed by atoms with van der Waals surface area (Å²) in [5, 5.41) is 6.46. The second-order valence-corrected chi connectivity index (χ2v) is 9.69. The normalized spacial score (nSPS) is 20.1. The number of carbonyl (C=O) groups excluding carboxylic acids is 1. The van der Waals surface area contributed by atoms with Crippen LogP contribution in [-0.4, -0.2) is 41.7 Å². The van der Waals surface area contributed by atoms with Crippen LogP contribution < -0.4 is 5.32 Å². The van der Waals surface area contributed by atoms with Gasteiger partial charge in [0.25, 0.3) is 0 Å². The molecule has 27 heavy (non-hydrogen) atoms. The molecule has 1 saturated heterocycles. The van der Waals surface area contributed by atoms with Gasteiger partial charge in [-0.2, -0.15) is 12.6 Å². The second-order valence-electron chi connectivity index (χ2n) is 8.96. The van der Waals surface area contributed by atoms with Crippen molar-refractivity contribution < 1.29 is 4.79 Å². The van der Waals surface area contributed by atoms with E-state index in [0.717, 1.165) is 32.5 Å². The van der Waals surface area contributed by atoms with Gasteiger partial charge in [-0.25, -0.2) is 0 Å². The quantitative estimate of drug-likeness (QED) is 0.728. The van der Waals surface area contributed by atoms with Crippen molar-refractivity contribution in [3.63, 3.8) is 0 Å². The Morgan fingerprint density at radius 3 is 2.63 bits per heavy atom. The second kappa shape index (κ2) is 8.66.